The number of rotatable bonds is 3. The van der Waals surface area contributed by atoms with E-state index in [2.05, 4.69) is 10.2 Å². The minimum Gasteiger partial charge on any atom is -0.416 e. The fourth-order valence-electron chi connectivity index (χ4n) is 1.89. The summed E-state index contributed by atoms with van der Waals surface area (Å²) in [5.41, 5.74) is 0.761. The van der Waals surface area contributed by atoms with E-state index < -0.39 is 4.92 Å². The van der Waals surface area contributed by atoms with E-state index in [4.69, 9.17) is 16.0 Å². The van der Waals surface area contributed by atoms with Crippen LogP contribution in [0, 0.1) is 10.1 Å². The second-order valence-electron chi connectivity index (χ2n) is 4.17. The Hall–Kier alpha value is -2.73. The molecule has 0 saturated heterocycles. The first-order valence-corrected chi connectivity index (χ1v) is 6.37. The molecule has 0 unspecified atom stereocenters. The summed E-state index contributed by atoms with van der Waals surface area (Å²) in [7, 11) is 0. The van der Waals surface area contributed by atoms with E-state index in [0.717, 1.165) is 0 Å². The summed E-state index contributed by atoms with van der Waals surface area (Å²) >= 11 is 6.06. The lowest BCUT2D eigenvalue weighted by molar-refractivity contribution is -0.384. The second kappa shape index (κ2) is 5.34. The molecule has 0 radical (unpaired) electrons. The highest BCUT2D eigenvalue weighted by Gasteiger charge is 2.20. The molecule has 1 aromatic heterocycles. The third-order valence-corrected chi connectivity index (χ3v) is 3.19. The van der Waals surface area contributed by atoms with E-state index in [1.807, 2.05) is 0 Å². The molecular formula is C14H8ClN3O3. The Kier molecular flexibility index (Phi) is 3.37. The number of nitro groups is 1. The van der Waals surface area contributed by atoms with E-state index in [1.165, 1.54) is 6.07 Å². The van der Waals surface area contributed by atoms with Crippen LogP contribution in [0.25, 0.3) is 22.9 Å². The van der Waals surface area contributed by atoms with Gasteiger partial charge in [0.25, 0.3) is 11.6 Å². The number of nitro benzene ring substituents is 1. The average Bonchev–Trinajstić information content (AvgIpc) is 2.97. The van der Waals surface area contributed by atoms with Gasteiger partial charge >= 0.3 is 0 Å². The molecule has 0 N–H and O–H groups in total. The van der Waals surface area contributed by atoms with Gasteiger partial charge in [0.15, 0.2) is 0 Å². The van der Waals surface area contributed by atoms with E-state index in [0.29, 0.717) is 10.6 Å². The van der Waals surface area contributed by atoms with Crippen molar-refractivity contribution in [1.29, 1.82) is 0 Å². The molecule has 2 aromatic carbocycles. The molecule has 104 valence electrons. The summed E-state index contributed by atoms with van der Waals surface area (Å²) in [5.74, 6) is 0.297. The monoisotopic (exact) mass is 301 g/mol. The molecule has 1 heterocycles. The average molecular weight is 302 g/mol. The van der Waals surface area contributed by atoms with Gasteiger partial charge in [-0.25, -0.2) is 0 Å². The maximum absolute atomic E-state index is 11.0. The Morgan fingerprint density at radius 3 is 2.19 bits per heavy atom. The fraction of sp³-hybridized carbons (Fsp3) is 0. The molecule has 0 amide bonds. The van der Waals surface area contributed by atoms with Crippen LogP contribution in [-0.2, 0) is 0 Å². The number of hydrogen-bond acceptors (Lipinski definition) is 5. The van der Waals surface area contributed by atoms with E-state index >= 15 is 0 Å². The molecule has 0 spiro atoms. The lowest BCUT2D eigenvalue weighted by Crippen LogP contribution is -1.91. The second-order valence-corrected chi connectivity index (χ2v) is 4.57. The van der Waals surface area contributed by atoms with Crippen molar-refractivity contribution in [3.8, 4) is 22.9 Å². The molecule has 0 aliphatic carbocycles. The number of aromatic nitrogens is 2. The molecule has 0 bridgehead atoms. The highest BCUT2D eigenvalue weighted by Crippen LogP contribution is 2.32. The van der Waals surface area contributed by atoms with Crippen LogP contribution in [-0.4, -0.2) is 15.1 Å². The third-order valence-electron chi connectivity index (χ3n) is 2.86. The van der Waals surface area contributed by atoms with Gasteiger partial charge in [-0.05, 0) is 18.2 Å². The predicted molar refractivity (Wildman–Crippen MR) is 76.8 cm³/mol. The number of hydrogen-bond donors (Lipinski definition) is 0. The van der Waals surface area contributed by atoms with Crippen LogP contribution >= 0.6 is 11.6 Å². The van der Waals surface area contributed by atoms with Crippen LogP contribution in [0.5, 0.6) is 0 Å². The van der Waals surface area contributed by atoms with Gasteiger partial charge in [0.2, 0.25) is 5.89 Å². The van der Waals surface area contributed by atoms with Gasteiger partial charge in [0, 0.05) is 6.07 Å². The topological polar surface area (TPSA) is 82.1 Å². The Bertz CT molecular complexity index is 816. The Morgan fingerprint density at radius 1 is 0.952 bits per heavy atom. The van der Waals surface area contributed by atoms with Crippen molar-refractivity contribution >= 4 is 17.3 Å². The highest BCUT2D eigenvalue weighted by molar-refractivity contribution is 6.33. The van der Waals surface area contributed by atoms with Gasteiger partial charge < -0.3 is 4.42 Å². The predicted octanol–water partition coefficient (Wildman–Crippen LogP) is 3.97. The first kappa shape index (κ1) is 13.3. The zero-order valence-corrected chi connectivity index (χ0v) is 11.3. The molecule has 7 heteroatoms. The van der Waals surface area contributed by atoms with Crippen LogP contribution in [0.4, 0.5) is 5.69 Å². The summed E-state index contributed by atoms with van der Waals surface area (Å²) in [5, 5.41) is 19.3. The highest BCUT2D eigenvalue weighted by atomic mass is 35.5. The molecule has 0 saturated carbocycles. The summed E-state index contributed by atoms with van der Waals surface area (Å²) in [6.45, 7) is 0. The Morgan fingerprint density at radius 2 is 1.52 bits per heavy atom. The van der Waals surface area contributed by atoms with Crippen molar-refractivity contribution in [2.45, 2.75) is 0 Å². The van der Waals surface area contributed by atoms with E-state index in [9.17, 15) is 10.1 Å². The van der Waals surface area contributed by atoms with Crippen LogP contribution < -0.4 is 0 Å². The first-order chi connectivity index (χ1) is 10.2. The summed E-state index contributed by atoms with van der Waals surface area (Å²) in [6.07, 6.45) is 0. The largest absolute Gasteiger partial charge is 0.416 e. The van der Waals surface area contributed by atoms with Crippen molar-refractivity contribution in [3.05, 3.63) is 63.7 Å². The molecule has 21 heavy (non-hydrogen) atoms. The van der Waals surface area contributed by atoms with Gasteiger partial charge in [0.1, 0.15) is 5.56 Å². The van der Waals surface area contributed by atoms with Crippen molar-refractivity contribution in [1.82, 2.24) is 10.2 Å². The van der Waals surface area contributed by atoms with Crippen molar-refractivity contribution in [2.24, 2.45) is 0 Å². The quantitative estimate of drug-likeness (QED) is 0.540. The maximum atomic E-state index is 11.0. The third kappa shape index (κ3) is 2.48. The van der Waals surface area contributed by atoms with Crippen molar-refractivity contribution in [3.63, 3.8) is 0 Å². The van der Waals surface area contributed by atoms with Gasteiger partial charge in [-0.1, -0.05) is 35.9 Å². The molecule has 0 fully saturated rings. The van der Waals surface area contributed by atoms with Gasteiger partial charge in [0.05, 0.1) is 15.5 Å². The minimum absolute atomic E-state index is 0.0808. The lowest BCUT2D eigenvalue weighted by Gasteiger charge is -1.98. The number of nitrogens with zero attached hydrogens (tertiary/aromatic N) is 3. The molecule has 0 aliphatic rings. The molecule has 0 atom stereocenters. The van der Waals surface area contributed by atoms with Crippen molar-refractivity contribution < 1.29 is 9.34 Å². The first-order valence-electron chi connectivity index (χ1n) is 5.99. The Labute approximate surface area is 124 Å². The maximum Gasteiger partial charge on any atom is 0.282 e. The van der Waals surface area contributed by atoms with E-state index in [-0.39, 0.29) is 23.0 Å². The minimum atomic E-state index is -0.491. The normalized spacial score (nSPS) is 10.5. The van der Waals surface area contributed by atoms with Crippen LogP contribution in [0.15, 0.2) is 52.9 Å². The van der Waals surface area contributed by atoms with Gasteiger partial charge in [-0.15, -0.1) is 10.2 Å². The SMILES string of the molecule is O=[N+]([O-])c1ccccc1-c1nnc(-c2ccccc2Cl)o1. The summed E-state index contributed by atoms with van der Waals surface area (Å²) in [4.78, 5) is 10.5. The zero-order chi connectivity index (χ0) is 14.8. The summed E-state index contributed by atoms with van der Waals surface area (Å²) < 4.78 is 5.52. The lowest BCUT2D eigenvalue weighted by atomic mass is 10.2. The smallest absolute Gasteiger partial charge is 0.282 e. The van der Waals surface area contributed by atoms with Crippen LogP contribution in [0.3, 0.4) is 0 Å². The van der Waals surface area contributed by atoms with Crippen LogP contribution in [0.2, 0.25) is 5.02 Å². The van der Waals surface area contributed by atoms with Crippen molar-refractivity contribution in [2.75, 3.05) is 0 Å². The fourth-order valence-corrected chi connectivity index (χ4v) is 2.11. The number of benzene rings is 2. The standard InChI is InChI=1S/C14H8ClN3O3/c15-11-7-3-1-5-9(11)13-16-17-14(21-13)10-6-2-4-8-12(10)18(19)20/h1-8H. The zero-order valence-electron chi connectivity index (χ0n) is 10.6. The van der Waals surface area contributed by atoms with Gasteiger partial charge in [-0.2, -0.15) is 0 Å². The van der Waals surface area contributed by atoms with Crippen LogP contribution in [0.1, 0.15) is 0 Å². The molecular weight excluding hydrogens is 294 g/mol. The molecule has 6 nitrogen and oxygen atoms in total. The Balaban J connectivity index is 2.08. The van der Waals surface area contributed by atoms with E-state index in [1.54, 1.807) is 42.5 Å². The number of halogens is 1. The molecule has 3 rings (SSSR count). The van der Waals surface area contributed by atoms with Gasteiger partial charge in [-0.3, -0.25) is 10.1 Å². The molecule has 0 aliphatic heterocycles. The molecule has 3 aromatic rings. The summed E-state index contributed by atoms with van der Waals surface area (Å²) in [6, 6.07) is 13.2. The number of para-hydroxylation sites is 1.